The molecule has 0 unspecified atom stereocenters. The summed E-state index contributed by atoms with van der Waals surface area (Å²) in [5, 5.41) is 3.34. The number of hydrogen-bond acceptors (Lipinski definition) is 3. The Bertz CT molecular complexity index is 467. The first kappa shape index (κ1) is 16.4. The highest BCUT2D eigenvalue weighted by atomic mass is 16.5. The molecule has 0 amide bonds. The Hall–Kier alpha value is -1.61. The van der Waals surface area contributed by atoms with Gasteiger partial charge in [0.2, 0.25) is 0 Å². The summed E-state index contributed by atoms with van der Waals surface area (Å²) in [4.78, 5) is 4.75. The fourth-order valence-corrected chi connectivity index (χ4v) is 2.23. The van der Waals surface area contributed by atoms with Gasteiger partial charge < -0.3 is 10.1 Å². The minimum atomic E-state index is 0.743. The number of allylic oxidation sites excluding steroid dienone is 3. The largest absolute Gasteiger partial charge is 0.458 e. The standard InChI is InChI=1S/C15H20N2O.C2H6/c1-4-7-13-14(6-3)18-15-10-16-9-8-11(15)12(5-2)17-13;1-2/h4,6-7,16H,3,5,8-10H2,1-2H3;1-2H3/b7-4-;. The number of nitrogens with zero attached hydrogens (tertiary/aromatic N) is 1. The molecule has 2 aliphatic heterocycles. The number of rotatable bonds is 3. The molecule has 3 heteroatoms. The first-order valence-electron chi connectivity index (χ1n) is 7.48. The number of aliphatic imine (C=N–C) groups is 1. The summed E-state index contributed by atoms with van der Waals surface area (Å²) in [6.45, 7) is 13.7. The molecule has 1 N–H and O–H groups in total. The summed E-state index contributed by atoms with van der Waals surface area (Å²) in [6.07, 6.45) is 7.58. The molecule has 0 aromatic rings. The average Bonchev–Trinajstić information content (AvgIpc) is 2.66. The monoisotopic (exact) mass is 274 g/mol. The zero-order chi connectivity index (χ0) is 15.0. The number of nitrogens with one attached hydrogen (secondary N) is 1. The highest BCUT2D eigenvalue weighted by molar-refractivity contribution is 6.01. The lowest BCUT2D eigenvalue weighted by atomic mass is 10.0. The van der Waals surface area contributed by atoms with E-state index in [1.165, 1.54) is 5.57 Å². The average molecular weight is 274 g/mol. The van der Waals surface area contributed by atoms with Gasteiger partial charge in [0, 0.05) is 11.3 Å². The van der Waals surface area contributed by atoms with E-state index in [-0.39, 0.29) is 0 Å². The third-order valence-corrected chi connectivity index (χ3v) is 3.11. The molecule has 2 aliphatic rings. The first-order valence-corrected chi connectivity index (χ1v) is 7.48. The van der Waals surface area contributed by atoms with Crippen molar-refractivity contribution >= 4 is 5.71 Å². The fourth-order valence-electron chi connectivity index (χ4n) is 2.23. The van der Waals surface area contributed by atoms with Gasteiger partial charge in [-0.3, -0.25) is 0 Å². The minimum Gasteiger partial charge on any atom is -0.458 e. The van der Waals surface area contributed by atoms with Crippen molar-refractivity contribution in [1.29, 1.82) is 0 Å². The lowest BCUT2D eigenvalue weighted by Crippen LogP contribution is -2.28. The van der Waals surface area contributed by atoms with E-state index in [9.17, 15) is 0 Å². The van der Waals surface area contributed by atoms with Gasteiger partial charge >= 0.3 is 0 Å². The molecule has 3 nitrogen and oxygen atoms in total. The molecular weight excluding hydrogens is 248 g/mol. The van der Waals surface area contributed by atoms with Gasteiger partial charge in [0.15, 0.2) is 5.76 Å². The second-order valence-corrected chi connectivity index (χ2v) is 4.30. The Morgan fingerprint density at radius 2 is 2.15 bits per heavy atom. The van der Waals surface area contributed by atoms with Gasteiger partial charge in [-0.15, -0.1) is 0 Å². The van der Waals surface area contributed by atoms with E-state index in [1.807, 2.05) is 32.9 Å². The van der Waals surface area contributed by atoms with E-state index in [1.54, 1.807) is 6.08 Å². The van der Waals surface area contributed by atoms with Gasteiger partial charge in [-0.25, -0.2) is 4.99 Å². The van der Waals surface area contributed by atoms with Crippen molar-refractivity contribution in [2.75, 3.05) is 13.1 Å². The van der Waals surface area contributed by atoms with Gasteiger partial charge in [-0.05, 0) is 38.5 Å². The van der Waals surface area contributed by atoms with Crippen LogP contribution in [-0.2, 0) is 4.74 Å². The van der Waals surface area contributed by atoms with Crippen LogP contribution in [0.4, 0.5) is 0 Å². The van der Waals surface area contributed by atoms with Gasteiger partial charge in [0.1, 0.15) is 11.5 Å². The van der Waals surface area contributed by atoms with Crippen LogP contribution < -0.4 is 5.32 Å². The van der Waals surface area contributed by atoms with E-state index < -0.39 is 0 Å². The Kier molecular flexibility index (Phi) is 7.02. The Balaban J connectivity index is 0.000000956. The predicted octanol–water partition coefficient (Wildman–Crippen LogP) is 4.11. The Labute approximate surface area is 122 Å². The molecule has 110 valence electrons. The normalized spacial score (nSPS) is 18.7. The van der Waals surface area contributed by atoms with Crippen LogP contribution in [0.15, 0.2) is 52.6 Å². The van der Waals surface area contributed by atoms with Crippen molar-refractivity contribution in [2.45, 2.75) is 40.5 Å². The summed E-state index contributed by atoms with van der Waals surface area (Å²) in [5.74, 6) is 1.74. The molecule has 20 heavy (non-hydrogen) atoms. The quantitative estimate of drug-likeness (QED) is 0.840. The Morgan fingerprint density at radius 1 is 1.40 bits per heavy atom. The molecule has 0 spiro atoms. The highest BCUT2D eigenvalue weighted by Crippen LogP contribution is 2.27. The zero-order valence-electron chi connectivity index (χ0n) is 13.1. The zero-order valence-corrected chi connectivity index (χ0v) is 13.1. The van der Waals surface area contributed by atoms with Gasteiger partial charge in [0.05, 0.1) is 6.54 Å². The van der Waals surface area contributed by atoms with Crippen molar-refractivity contribution in [3.05, 3.63) is 47.6 Å². The summed E-state index contributed by atoms with van der Waals surface area (Å²) in [6, 6.07) is 0. The van der Waals surface area contributed by atoms with E-state index in [0.717, 1.165) is 48.9 Å². The first-order chi connectivity index (χ1) is 9.80. The molecule has 0 fully saturated rings. The summed E-state index contributed by atoms with van der Waals surface area (Å²) >= 11 is 0. The van der Waals surface area contributed by atoms with Crippen molar-refractivity contribution in [3.63, 3.8) is 0 Å². The van der Waals surface area contributed by atoms with Crippen LogP contribution in [-0.4, -0.2) is 18.8 Å². The van der Waals surface area contributed by atoms with Crippen molar-refractivity contribution < 1.29 is 4.74 Å². The SMILES string of the molecule is C=CC1=C(/C=C\C)N=C(CC)C2=C(CNCC2)O1.CC. The van der Waals surface area contributed by atoms with E-state index in [0.29, 0.717) is 0 Å². The van der Waals surface area contributed by atoms with E-state index >= 15 is 0 Å². The van der Waals surface area contributed by atoms with Crippen molar-refractivity contribution in [3.8, 4) is 0 Å². The second-order valence-electron chi connectivity index (χ2n) is 4.30. The molecule has 2 heterocycles. The Morgan fingerprint density at radius 3 is 2.75 bits per heavy atom. The highest BCUT2D eigenvalue weighted by Gasteiger charge is 2.22. The van der Waals surface area contributed by atoms with Gasteiger partial charge in [-0.1, -0.05) is 33.4 Å². The predicted molar refractivity (Wildman–Crippen MR) is 86.7 cm³/mol. The molecule has 0 atom stereocenters. The number of ether oxygens (including phenoxy) is 1. The molecule has 2 rings (SSSR count). The summed E-state index contributed by atoms with van der Waals surface area (Å²) in [5.41, 5.74) is 3.25. The summed E-state index contributed by atoms with van der Waals surface area (Å²) in [7, 11) is 0. The molecule has 0 aliphatic carbocycles. The van der Waals surface area contributed by atoms with Gasteiger partial charge in [0.25, 0.3) is 0 Å². The van der Waals surface area contributed by atoms with Crippen LogP contribution in [0.25, 0.3) is 0 Å². The minimum absolute atomic E-state index is 0.743. The molecular formula is C17H26N2O. The van der Waals surface area contributed by atoms with Crippen molar-refractivity contribution in [2.24, 2.45) is 4.99 Å². The second kappa shape index (κ2) is 8.54. The van der Waals surface area contributed by atoms with E-state index in [2.05, 4.69) is 18.8 Å². The third-order valence-electron chi connectivity index (χ3n) is 3.11. The van der Waals surface area contributed by atoms with Crippen LogP contribution in [0.1, 0.15) is 40.5 Å². The van der Waals surface area contributed by atoms with Crippen LogP contribution in [0.3, 0.4) is 0 Å². The maximum atomic E-state index is 5.97. The maximum absolute atomic E-state index is 5.97. The van der Waals surface area contributed by atoms with Gasteiger partial charge in [-0.2, -0.15) is 0 Å². The summed E-state index contributed by atoms with van der Waals surface area (Å²) < 4.78 is 5.97. The van der Waals surface area contributed by atoms with Crippen LogP contribution in [0, 0.1) is 0 Å². The van der Waals surface area contributed by atoms with E-state index in [4.69, 9.17) is 9.73 Å². The third kappa shape index (κ3) is 3.70. The molecule has 0 saturated carbocycles. The smallest absolute Gasteiger partial charge is 0.152 e. The van der Waals surface area contributed by atoms with Crippen molar-refractivity contribution in [1.82, 2.24) is 5.32 Å². The maximum Gasteiger partial charge on any atom is 0.152 e. The van der Waals surface area contributed by atoms with Crippen LogP contribution in [0.5, 0.6) is 0 Å². The lowest BCUT2D eigenvalue weighted by molar-refractivity contribution is 0.294. The topological polar surface area (TPSA) is 33.6 Å². The lowest BCUT2D eigenvalue weighted by Gasteiger charge is -2.20. The molecule has 0 bridgehead atoms. The van der Waals surface area contributed by atoms with Crippen LogP contribution in [0.2, 0.25) is 0 Å². The fraction of sp³-hybridized carbons (Fsp3) is 0.471. The molecule has 0 saturated heterocycles. The molecule has 0 radical (unpaired) electrons. The molecule has 0 aromatic heterocycles. The molecule has 0 aromatic carbocycles. The van der Waals surface area contributed by atoms with Crippen LogP contribution >= 0.6 is 0 Å². The number of hydrogen-bond donors (Lipinski definition) is 1.